The van der Waals surface area contributed by atoms with Crippen LogP contribution in [0, 0.1) is 0 Å². The number of para-hydroxylation sites is 1. The predicted octanol–water partition coefficient (Wildman–Crippen LogP) is 1.45. The number of aromatic nitrogens is 5. The standard InChI is InChI=1S/C11H9N5/c1-2-6-10(7-3-1)16-13-11(12-14-16)15-8-4-5-9-15/h1-9H. The van der Waals surface area contributed by atoms with Crippen LogP contribution in [0.3, 0.4) is 0 Å². The molecule has 1 aromatic carbocycles. The Kier molecular flexibility index (Phi) is 2.00. The van der Waals surface area contributed by atoms with Crippen LogP contribution in [0.4, 0.5) is 0 Å². The molecule has 0 bridgehead atoms. The fourth-order valence-corrected chi connectivity index (χ4v) is 1.45. The number of hydrogen-bond donors (Lipinski definition) is 0. The zero-order valence-electron chi connectivity index (χ0n) is 8.43. The van der Waals surface area contributed by atoms with Crippen molar-refractivity contribution < 1.29 is 0 Å². The third-order valence-electron chi connectivity index (χ3n) is 2.23. The van der Waals surface area contributed by atoms with E-state index in [2.05, 4.69) is 15.4 Å². The van der Waals surface area contributed by atoms with Crippen LogP contribution in [0.2, 0.25) is 0 Å². The molecule has 78 valence electrons. The summed E-state index contributed by atoms with van der Waals surface area (Å²) in [5, 5.41) is 12.3. The number of rotatable bonds is 2. The van der Waals surface area contributed by atoms with E-state index in [0.29, 0.717) is 5.95 Å². The van der Waals surface area contributed by atoms with E-state index in [0.717, 1.165) is 5.69 Å². The lowest BCUT2D eigenvalue weighted by atomic mass is 10.3. The van der Waals surface area contributed by atoms with Gasteiger partial charge in [0.1, 0.15) is 0 Å². The molecule has 3 aromatic rings. The zero-order chi connectivity index (χ0) is 10.8. The van der Waals surface area contributed by atoms with Crippen molar-refractivity contribution in [2.75, 3.05) is 0 Å². The van der Waals surface area contributed by atoms with Gasteiger partial charge in [0, 0.05) is 12.4 Å². The van der Waals surface area contributed by atoms with Gasteiger partial charge in [0.15, 0.2) is 0 Å². The number of hydrogen-bond acceptors (Lipinski definition) is 3. The van der Waals surface area contributed by atoms with Gasteiger partial charge in [-0.25, -0.2) is 0 Å². The van der Waals surface area contributed by atoms with Crippen molar-refractivity contribution in [3.05, 3.63) is 54.9 Å². The average molecular weight is 211 g/mol. The van der Waals surface area contributed by atoms with Crippen molar-refractivity contribution in [2.24, 2.45) is 0 Å². The Morgan fingerprint density at radius 3 is 2.38 bits per heavy atom. The maximum absolute atomic E-state index is 4.28. The predicted molar refractivity (Wildman–Crippen MR) is 58.5 cm³/mol. The molecule has 0 aliphatic rings. The van der Waals surface area contributed by atoms with E-state index in [1.165, 1.54) is 4.80 Å². The van der Waals surface area contributed by atoms with Crippen LogP contribution in [0.25, 0.3) is 11.6 Å². The molecular weight excluding hydrogens is 202 g/mol. The minimum atomic E-state index is 0.564. The first-order valence-electron chi connectivity index (χ1n) is 4.92. The molecule has 5 nitrogen and oxygen atoms in total. The van der Waals surface area contributed by atoms with E-state index in [4.69, 9.17) is 0 Å². The molecule has 0 aliphatic heterocycles. The Labute approximate surface area is 91.9 Å². The molecule has 0 N–H and O–H groups in total. The average Bonchev–Trinajstić information content (AvgIpc) is 3.01. The molecule has 0 aliphatic carbocycles. The molecule has 2 aromatic heterocycles. The Morgan fingerprint density at radius 1 is 0.875 bits per heavy atom. The van der Waals surface area contributed by atoms with Crippen molar-refractivity contribution >= 4 is 0 Å². The summed E-state index contributed by atoms with van der Waals surface area (Å²) in [5.74, 6) is 0.564. The zero-order valence-corrected chi connectivity index (χ0v) is 8.43. The monoisotopic (exact) mass is 211 g/mol. The van der Waals surface area contributed by atoms with Gasteiger partial charge in [-0.15, -0.1) is 9.90 Å². The lowest BCUT2D eigenvalue weighted by molar-refractivity contribution is 0.718. The highest BCUT2D eigenvalue weighted by molar-refractivity contribution is 5.28. The highest BCUT2D eigenvalue weighted by atomic mass is 15.6. The fourth-order valence-electron chi connectivity index (χ4n) is 1.45. The number of benzene rings is 1. The summed E-state index contributed by atoms with van der Waals surface area (Å²) in [6.45, 7) is 0. The molecular formula is C11H9N5. The van der Waals surface area contributed by atoms with E-state index in [1.54, 1.807) is 0 Å². The minimum Gasteiger partial charge on any atom is -0.290 e. The summed E-state index contributed by atoms with van der Waals surface area (Å²) >= 11 is 0. The lowest BCUT2D eigenvalue weighted by Crippen LogP contribution is -1.99. The van der Waals surface area contributed by atoms with E-state index >= 15 is 0 Å². The van der Waals surface area contributed by atoms with Crippen molar-refractivity contribution in [1.29, 1.82) is 0 Å². The van der Waals surface area contributed by atoms with Crippen LogP contribution in [-0.2, 0) is 0 Å². The summed E-state index contributed by atoms with van der Waals surface area (Å²) in [4.78, 5) is 1.51. The highest BCUT2D eigenvalue weighted by Crippen LogP contribution is 2.05. The number of nitrogens with zero attached hydrogens (tertiary/aromatic N) is 5. The molecule has 2 heterocycles. The second kappa shape index (κ2) is 3.62. The molecule has 3 rings (SSSR count). The molecule has 0 radical (unpaired) electrons. The van der Waals surface area contributed by atoms with E-state index in [-0.39, 0.29) is 0 Å². The van der Waals surface area contributed by atoms with Gasteiger partial charge in [-0.3, -0.25) is 4.57 Å². The molecule has 0 saturated carbocycles. The molecule has 0 atom stereocenters. The summed E-state index contributed by atoms with van der Waals surface area (Å²) in [6, 6.07) is 13.5. The Hall–Kier alpha value is -2.43. The van der Waals surface area contributed by atoms with Crippen molar-refractivity contribution in [3.8, 4) is 11.6 Å². The summed E-state index contributed by atoms with van der Waals surface area (Å²) in [6.07, 6.45) is 3.76. The third kappa shape index (κ3) is 1.48. The second-order valence-electron chi connectivity index (χ2n) is 3.30. The molecule has 16 heavy (non-hydrogen) atoms. The fraction of sp³-hybridized carbons (Fsp3) is 0. The maximum Gasteiger partial charge on any atom is 0.274 e. The Bertz CT molecular complexity index is 567. The van der Waals surface area contributed by atoms with Gasteiger partial charge >= 0.3 is 0 Å². The van der Waals surface area contributed by atoms with Gasteiger partial charge in [-0.1, -0.05) is 23.3 Å². The van der Waals surface area contributed by atoms with Crippen molar-refractivity contribution in [1.82, 2.24) is 24.8 Å². The lowest BCUT2D eigenvalue weighted by Gasteiger charge is -1.95. The third-order valence-corrected chi connectivity index (χ3v) is 2.23. The summed E-state index contributed by atoms with van der Waals surface area (Å²) in [5.41, 5.74) is 0.897. The van der Waals surface area contributed by atoms with Crippen LogP contribution >= 0.6 is 0 Å². The van der Waals surface area contributed by atoms with Gasteiger partial charge in [0.25, 0.3) is 5.95 Å². The van der Waals surface area contributed by atoms with Gasteiger partial charge in [0.2, 0.25) is 0 Å². The van der Waals surface area contributed by atoms with E-state index < -0.39 is 0 Å². The molecule has 0 spiro atoms. The van der Waals surface area contributed by atoms with Gasteiger partial charge < -0.3 is 0 Å². The first-order valence-corrected chi connectivity index (χ1v) is 4.92. The van der Waals surface area contributed by atoms with E-state index in [1.807, 2.05) is 59.4 Å². The quantitative estimate of drug-likeness (QED) is 0.644. The highest BCUT2D eigenvalue weighted by Gasteiger charge is 2.04. The van der Waals surface area contributed by atoms with Gasteiger partial charge in [-0.2, -0.15) is 0 Å². The van der Waals surface area contributed by atoms with Crippen LogP contribution in [0.5, 0.6) is 0 Å². The van der Waals surface area contributed by atoms with Crippen LogP contribution in [0.15, 0.2) is 54.9 Å². The first-order chi connectivity index (χ1) is 7.93. The van der Waals surface area contributed by atoms with Gasteiger partial charge in [-0.05, 0) is 29.5 Å². The summed E-state index contributed by atoms with van der Waals surface area (Å²) < 4.78 is 1.81. The minimum absolute atomic E-state index is 0.564. The molecule has 0 amide bonds. The molecule has 0 saturated heterocycles. The second-order valence-corrected chi connectivity index (χ2v) is 3.30. The largest absolute Gasteiger partial charge is 0.290 e. The topological polar surface area (TPSA) is 48.5 Å². The Morgan fingerprint density at radius 2 is 1.62 bits per heavy atom. The van der Waals surface area contributed by atoms with Crippen LogP contribution in [0.1, 0.15) is 0 Å². The SMILES string of the molecule is c1ccc(-n2nnc(-n3cccc3)n2)cc1. The normalized spacial score (nSPS) is 10.5. The molecule has 0 unspecified atom stereocenters. The van der Waals surface area contributed by atoms with Crippen LogP contribution in [-0.4, -0.2) is 24.8 Å². The molecule has 0 fully saturated rings. The summed E-state index contributed by atoms with van der Waals surface area (Å²) in [7, 11) is 0. The molecule has 5 heteroatoms. The van der Waals surface area contributed by atoms with Crippen LogP contribution < -0.4 is 0 Å². The Balaban J connectivity index is 2.00. The van der Waals surface area contributed by atoms with Gasteiger partial charge in [0.05, 0.1) is 5.69 Å². The maximum atomic E-state index is 4.28. The van der Waals surface area contributed by atoms with E-state index in [9.17, 15) is 0 Å². The van der Waals surface area contributed by atoms with Crippen molar-refractivity contribution in [3.63, 3.8) is 0 Å². The number of tetrazole rings is 1. The first kappa shape index (κ1) is 8.84. The smallest absolute Gasteiger partial charge is 0.274 e. The van der Waals surface area contributed by atoms with Crippen molar-refractivity contribution in [2.45, 2.75) is 0 Å².